The Morgan fingerprint density at radius 3 is 2.30 bits per heavy atom. The molecule has 100 valence electrons. The molecular weight excluding hydrogens is 276 g/mol. The molecule has 0 aromatic heterocycles. The number of ketones is 1. The van der Waals surface area contributed by atoms with Crippen molar-refractivity contribution in [2.24, 2.45) is 10.2 Å². The number of rotatable bonds is 4. The Balaban J connectivity index is 2.19. The summed E-state index contributed by atoms with van der Waals surface area (Å²) in [5.41, 5.74) is 0.827. The van der Waals surface area contributed by atoms with Gasteiger partial charge in [-0.15, -0.1) is 5.11 Å². The minimum atomic E-state index is -0.427. The van der Waals surface area contributed by atoms with Crippen LogP contribution in [-0.2, 0) is 0 Å². The molecule has 20 heavy (non-hydrogen) atoms. The van der Waals surface area contributed by atoms with Crippen molar-refractivity contribution in [3.8, 4) is 0 Å². The number of azo groups is 1. The van der Waals surface area contributed by atoms with E-state index in [0.29, 0.717) is 22.5 Å². The number of carbonyl (C=O) groups excluding carboxylic acids is 1. The lowest BCUT2D eigenvalue weighted by atomic mass is 10.1. The molecule has 4 nitrogen and oxygen atoms in total. The number of carbonyl (C=O) groups is 1. The van der Waals surface area contributed by atoms with Gasteiger partial charge in [-0.2, -0.15) is 5.11 Å². The molecule has 0 fully saturated rings. The van der Waals surface area contributed by atoms with Crippen molar-refractivity contribution in [2.75, 3.05) is 0 Å². The first-order valence-electron chi connectivity index (χ1n) is 5.82. The average molecular weight is 287 g/mol. The van der Waals surface area contributed by atoms with Crippen LogP contribution >= 0.6 is 11.6 Å². The van der Waals surface area contributed by atoms with Gasteiger partial charge in [0.15, 0.2) is 5.70 Å². The summed E-state index contributed by atoms with van der Waals surface area (Å²) in [5.74, 6) is -0.427. The zero-order valence-electron chi connectivity index (χ0n) is 10.4. The van der Waals surface area contributed by atoms with Crippen molar-refractivity contribution in [2.45, 2.75) is 0 Å². The van der Waals surface area contributed by atoms with Crippen molar-refractivity contribution < 1.29 is 9.90 Å². The largest absolute Gasteiger partial charge is 0.513 e. The van der Waals surface area contributed by atoms with Crippen LogP contribution in [0.5, 0.6) is 0 Å². The van der Waals surface area contributed by atoms with Crippen LogP contribution in [0.1, 0.15) is 10.4 Å². The molecule has 0 heterocycles. The van der Waals surface area contributed by atoms with E-state index in [-0.39, 0.29) is 5.70 Å². The number of aliphatic hydroxyl groups is 1. The fraction of sp³-hybridized carbons (Fsp3) is 0. The first-order chi connectivity index (χ1) is 9.70. The zero-order valence-corrected chi connectivity index (χ0v) is 11.2. The Hall–Kier alpha value is -2.46. The van der Waals surface area contributed by atoms with Crippen LogP contribution in [0.3, 0.4) is 0 Å². The number of hydrogen-bond donors (Lipinski definition) is 1. The van der Waals surface area contributed by atoms with Crippen LogP contribution in [0, 0.1) is 0 Å². The van der Waals surface area contributed by atoms with Crippen LogP contribution in [0.2, 0.25) is 5.02 Å². The summed E-state index contributed by atoms with van der Waals surface area (Å²) >= 11 is 5.75. The summed E-state index contributed by atoms with van der Waals surface area (Å²) in [6.45, 7) is 0. The Morgan fingerprint density at radius 1 is 1.05 bits per heavy atom. The third-order valence-electron chi connectivity index (χ3n) is 2.49. The molecule has 2 aromatic rings. The predicted octanol–water partition coefficient (Wildman–Crippen LogP) is 4.71. The molecule has 0 amide bonds. The number of Topliss-reactive ketones (excluding diaryl/α,β-unsaturated/α-hetero) is 1. The van der Waals surface area contributed by atoms with Crippen LogP contribution in [0.25, 0.3) is 0 Å². The standard InChI is InChI=1S/C15H11ClN2O2/c16-12-8-6-11(7-9-12)15(20)14(10-19)18-17-13-4-2-1-3-5-13/h1-10,19H/b14-10-,18-17?. The van der Waals surface area contributed by atoms with E-state index in [2.05, 4.69) is 10.2 Å². The van der Waals surface area contributed by atoms with Crippen molar-refractivity contribution in [3.05, 3.63) is 77.1 Å². The maximum absolute atomic E-state index is 12.1. The first-order valence-corrected chi connectivity index (χ1v) is 6.20. The molecule has 0 aliphatic heterocycles. The second-order valence-electron chi connectivity index (χ2n) is 3.89. The van der Waals surface area contributed by atoms with Gasteiger partial charge in [-0.1, -0.05) is 29.8 Å². The smallest absolute Gasteiger partial charge is 0.216 e. The van der Waals surface area contributed by atoms with Gasteiger partial charge >= 0.3 is 0 Å². The summed E-state index contributed by atoms with van der Waals surface area (Å²) < 4.78 is 0. The molecule has 0 bridgehead atoms. The fourth-order valence-electron chi connectivity index (χ4n) is 1.49. The topological polar surface area (TPSA) is 62.0 Å². The monoisotopic (exact) mass is 286 g/mol. The van der Waals surface area contributed by atoms with Gasteiger partial charge in [0, 0.05) is 10.6 Å². The van der Waals surface area contributed by atoms with Gasteiger partial charge in [0.25, 0.3) is 0 Å². The third kappa shape index (κ3) is 3.52. The molecule has 2 rings (SSSR count). The van der Waals surface area contributed by atoms with E-state index in [9.17, 15) is 4.79 Å². The van der Waals surface area contributed by atoms with E-state index in [1.807, 2.05) is 6.07 Å². The van der Waals surface area contributed by atoms with Crippen molar-refractivity contribution in [3.63, 3.8) is 0 Å². The minimum Gasteiger partial charge on any atom is -0.513 e. The second kappa shape index (κ2) is 6.63. The van der Waals surface area contributed by atoms with Gasteiger partial charge in [-0.3, -0.25) is 4.79 Å². The van der Waals surface area contributed by atoms with E-state index in [4.69, 9.17) is 16.7 Å². The maximum atomic E-state index is 12.1. The Bertz CT molecular complexity index is 649. The lowest BCUT2D eigenvalue weighted by Crippen LogP contribution is -2.01. The second-order valence-corrected chi connectivity index (χ2v) is 4.32. The molecule has 1 N–H and O–H groups in total. The summed E-state index contributed by atoms with van der Waals surface area (Å²) in [7, 11) is 0. The highest BCUT2D eigenvalue weighted by Crippen LogP contribution is 2.16. The minimum absolute atomic E-state index is 0.142. The number of benzene rings is 2. The maximum Gasteiger partial charge on any atom is 0.216 e. The lowest BCUT2D eigenvalue weighted by molar-refractivity contribution is 0.102. The molecule has 0 unspecified atom stereocenters. The highest BCUT2D eigenvalue weighted by atomic mass is 35.5. The molecule has 0 atom stereocenters. The van der Waals surface area contributed by atoms with E-state index in [0.717, 1.165) is 0 Å². The van der Waals surface area contributed by atoms with Crippen LogP contribution in [0.15, 0.2) is 76.8 Å². The van der Waals surface area contributed by atoms with Crippen molar-refractivity contribution >= 4 is 23.1 Å². The van der Waals surface area contributed by atoms with E-state index < -0.39 is 5.78 Å². The summed E-state index contributed by atoms with van der Waals surface area (Å²) in [4.78, 5) is 12.1. The van der Waals surface area contributed by atoms with E-state index in [1.54, 1.807) is 48.5 Å². The third-order valence-corrected chi connectivity index (χ3v) is 2.74. The Labute approximate surface area is 121 Å². The SMILES string of the molecule is O=C(/C(=C/O)N=Nc1ccccc1)c1ccc(Cl)cc1. The van der Waals surface area contributed by atoms with Crippen LogP contribution < -0.4 is 0 Å². The lowest BCUT2D eigenvalue weighted by Gasteiger charge is -2.00. The number of nitrogens with zero attached hydrogens (tertiary/aromatic N) is 2. The van der Waals surface area contributed by atoms with Gasteiger partial charge in [-0.25, -0.2) is 0 Å². The quantitative estimate of drug-likeness (QED) is 0.383. The van der Waals surface area contributed by atoms with Crippen LogP contribution in [-0.4, -0.2) is 10.9 Å². The Kier molecular flexibility index (Phi) is 4.63. The average Bonchev–Trinajstić information content (AvgIpc) is 2.49. The molecule has 0 saturated heterocycles. The molecule has 0 aliphatic rings. The molecular formula is C15H11ClN2O2. The van der Waals surface area contributed by atoms with Gasteiger partial charge in [0.1, 0.15) is 6.26 Å². The van der Waals surface area contributed by atoms with Gasteiger partial charge in [-0.05, 0) is 36.4 Å². The van der Waals surface area contributed by atoms with Gasteiger partial charge in [0.2, 0.25) is 5.78 Å². The summed E-state index contributed by atoms with van der Waals surface area (Å²) in [5, 5.41) is 17.3. The van der Waals surface area contributed by atoms with Crippen molar-refractivity contribution in [1.29, 1.82) is 0 Å². The molecule has 5 heteroatoms. The zero-order chi connectivity index (χ0) is 14.4. The number of aliphatic hydroxyl groups excluding tert-OH is 1. The van der Waals surface area contributed by atoms with Gasteiger partial charge < -0.3 is 5.11 Å². The van der Waals surface area contributed by atoms with E-state index >= 15 is 0 Å². The summed E-state index contributed by atoms with van der Waals surface area (Å²) in [6.07, 6.45) is 0.642. The molecule has 0 saturated carbocycles. The Morgan fingerprint density at radius 2 is 1.70 bits per heavy atom. The summed E-state index contributed by atoms with van der Waals surface area (Å²) in [6, 6.07) is 15.3. The fourth-order valence-corrected chi connectivity index (χ4v) is 1.61. The predicted molar refractivity (Wildman–Crippen MR) is 77.5 cm³/mol. The number of allylic oxidation sites excluding steroid dienone is 1. The van der Waals surface area contributed by atoms with E-state index in [1.165, 1.54) is 0 Å². The number of hydrogen-bond acceptors (Lipinski definition) is 4. The highest BCUT2D eigenvalue weighted by molar-refractivity contribution is 6.30. The molecule has 0 aliphatic carbocycles. The number of halogens is 1. The molecule has 0 radical (unpaired) electrons. The first kappa shape index (κ1) is 14.0. The molecule has 0 spiro atoms. The van der Waals surface area contributed by atoms with Gasteiger partial charge in [0.05, 0.1) is 5.69 Å². The van der Waals surface area contributed by atoms with Crippen LogP contribution in [0.4, 0.5) is 5.69 Å². The van der Waals surface area contributed by atoms with Crippen molar-refractivity contribution in [1.82, 2.24) is 0 Å². The highest BCUT2D eigenvalue weighted by Gasteiger charge is 2.12. The molecule has 2 aromatic carbocycles. The normalized spacial score (nSPS) is 11.8.